The van der Waals surface area contributed by atoms with Gasteiger partial charge in [-0.1, -0.05) is 26.0 Å². The second kappa shape index (κ2) is 17.8. The summed E-state index contributed by atoms with van der Waals surface area (Å²) in [6.07, 6.45) is -1.42. The van der Waals surface area contributed by atoms with Crippen molar-refractivity contribution in [3.05, 3.63) is 51.8 Å². The molecular formula is C33H45N3O9S2. The number of thiophene rings is 1. The fraction of sp³-hybridized carbons (Fsp3) is 0.515. The minimum atomic E-state index is -1.51. The van der Waals surface area contributed by atoms with Crippen molar-refractivity contribution >= 4 is 51.8 Å². The first-order valence-electron chi connectivity index (χ1n) is 15.6. The van der Waals surface area contributed by atoms with E-state index in [1.54, 1.807) is 40.9 Å². The van der Waals surface area contributed by atoms with Crippen LogP contribution in [0.15, 0.2) is 41.2 Å². The Morgan fingerprint density at radius 1 is 1.00 bits per heavy atom. The highest BCUT2D eigenvalue weighted by Crippen LogP contribution is 2.40. The third kappa shape index (κ3) is 10.1. The lowest BCUT2D eigenvalue weighted by molar-refractivity contribution is -0.123. The number of aliphatic hydroxyl groups excluding tert-OH is 5. The van der Waals surface area contributed by atoms with Crippen molar-refractivity contribution in [1.29, 1.82) is 0 Å². The van der Waals surface area contributed by atoms with Crippen molar-refractivity contribution in [3.8, 4) is 10.4 Å². The molecule has 7 N–H and O–H groups in total. The maximum atomic E-state index is 13.5. The van der Waals surface area contributed by atoms with E-state index >= 15 is 0 Å². The van der Waals surface area contributed by atoms with Crippen LogP contribution < -0.4 is 10.2 Å². The van der Waals surface area contributed by atoms with Gasteiger partial charge in [0.15, 0.2) is 0 Å². The Morgan fingerprint density at radius 3 is 2.13 bits per heavy atom. The minimum absolute atomic E-state index is 0.0128. The number of benzene rings is 1. The monoisotopic (exact) mass is 691 g/mol. The number of rotatable bonds is 12. The number of thiazole rings is 1. The van der Waals surface area contributed by atoms with Crippen molar-refractivity contribution in [2.45, 2.75) is 90.3 Å². The molecule has 258 valence electrons. The van der Waals surface area contributed by atoms with Crippen LogP contribution >= 0.6 is 22.7 Å². The average molecular weight is 692 g/mol. The quantitative estimate of drug-likeness (QED) is 0.144. The molecule has 0 spiro atoms. The number of aromatic carboxylic acids is 1. The summed E-state index contributed by atoms with van der Waals surface area (Å²) >= 11 is 2.51. The van der Waals surface area contributed by atoms with E-state index in [0.717, 1.165) is 47.5 Å². The van der Waals surface area contributed by atoms with Crippen LogP contribution in [0.4, 0.5) is 11.4 Å². The number of hydrogen-bond acceptors (Lipinski definition) is 11. The molecule has 14 heteroatoms. The Labute approximate surface area is 282 Å². The number of nitrogens with one attached hydrogen (secondary N) is 1. The summed E-state index contributed by atoms with van der Waals surface area (Å²) in [5.74, 6) is -0.755. The van der Waals surface area contributed by atoms with Gasteiger partial charge in [-0.05, 0) is 75.6 Å². The van der Waals surface area contributed by atoms with Gasteiger partial charge in [-0.3, -0.25) is 9.59 Å². The third-order valence-corrected chi connectivity index (χ3v) is 9.87. The molecule has 0 saturated heterocycles. The molecule has 2 heterocycles. The van der Waals surface area contributed by atoms with E-state index in [-0.39, 0.29) is 35.1 Å². The number of aliphatic hydroxyl groups is 5. The van der Waals surface area contributed by atoms with E-state index < -0.39 is 37.0 Å². The van der Waals surface area contributed by atoms with Gasteiger partial charge in [0, 0.05) is 27.9 Å². The molecule has 2 amide bonds. The molecule has 1 aliphatic carbocycles. The minimum Gasteiger partial charge on any atom is -0.477 e. The van der Waals surface area contributed by atoms with Gasteiger partial charge in [-0.2, -0.15) is 0 Å². The molecule has 12 nitrogen and oxygen atoms in total. The average Bonchev–Trinajstić information content (AvgIpc) is 3.76. The number of carbonyl (C=O) groups is 3. The topological polar surface area (TPSA) is 201 Å². The van der Waals surface area contributed by atoms with Crippen LogP contribution in [-0.2, 0) is 4.79 Å². The highest BCUT2D eigenvalue weighted by Gasteiger charge is 2.33. The lowest BCUT2D eigenvalue weighted by Gasteiger charge is -2.33. The van der Waals surface area contributed by atoms with Gasteiger partial charge < -0.3 is 40.9 Å². The Kier molecular flexibility index (Phi) is 14.5. The molecule has 1 aromatic carbocycles. The van der Waals surface area contributed by atoms with Crippen LogP contribution in [0.1, 0.15) is 80.0 Å². The molecule has 1 fully saturated rings. The number of hydrogen-bond donors (Lipinski definition) is 7. The zero-order chi connectivity index (χ0) is 34.8. The zero-order valence-corrected chi connectivity index (χ0v) is 28.6. The summed E-state index contributed by atoms with van der Waals surface area (Å²) in [6.45, 7) is 7.04. The van der Waals surface area contributed by atoms with Crippen LogP contribution in [0.5, 0.6) is 0 Å². The fourth-order valence-corrected chi connectivity index (χ4v) is 6.78. The van der Waals surface area contributed by atoms with E-state index in [4.69, 9.17) is 25.5 Å². The number of nitrogens with zero attached hydrogens (tertiary/aromatic N) is 2. The third-order valence-electron chi connectivity index (χ3n) is 8.12. The largest absolute Gasteiger partial charge is 0.477 e. The molecule has 2 aromatic heterocycles. The molecule has 0 radical (unpaired) electrons. The van der Waals surface area contributed by atoms with E-state index in [2.05, 4.69) is 17.2 Å². The summed E-state index contributed by atoms with van der Waals surface area (Å²) in [4.78, 5) is 44.5. The van der Waals surface area contributed by atoms with Crippen LogP contribution in [0.2, 0.25) is 0 Å². The number of carbonyl (C=O) groups excluding carboxylic acids is 2. The van der Waals surface area contributed by atoms with E-state index in [9.17, 15) is 19.5 Å². The van der Waals surface area contributed by atoms with E-state index in [1.165, 1.54) is 11.3 Å². The first-order chi connectivity index (χ1) is 22.3. The van der Waals surface area contributed by atoms with Crippen LogP contribution in [-0.4, -0.2) is 90.5 Å². The molecule has 1 saturated carbocycles. The lowest BCUT2D eigenvalue weighted by atomic mass is 9.82. The van der Waals surface area contributed by atoms with Gasteiger partial charge in [0.1, 0.15) is 28.9 Å². The number of carboxylic acids is 1. The smallest absolute Gasteiger partial charge is 0.348 e. The van der Waals surface area contributed by atoms with E-state index in [1.807, 2.05) is 26.0 Å². The molecule has 4 rings (SSSR count). The van der Waals surface area contributed by atoms with Gasteiger partial charge in [0.2, 0.25) is 5.91 Å². The number of aromatic nitrogens is 1. The van der Waals surface area contributed by atoms with Crippen molar-refractivity contribution < 1.29 is 45.0 Å². The molecule has 1 aliphatic rings. The number of carboxylic acid groups (broad SMARTS) is 1. The first kappa shape index (κ1) is 38.2. The van der Waals surface area contributed by atoms with Gasteiger partial charge in [-0.15, -0.1) is 22.7 Å². The summed E-state index contributed by atoms with van der Waals surface area (Å²) in [5.41, 5.74) is 3.85. The molecule has 47 heavy (non-hydrogen) atoms. The van der Waals surface area contributed by atoms with Gasteiger partial charge in [0.25, 0.3) is 5.91 Å². The van der Waals surface area contributed by atoms with Crippen molar-refractivity contribution in [3.63, 3.8) is 0 Å². The summed E-state index contributed by atoms with van der Waals surface area (Å²) in [6, 6.07) is 8.86. The summed E-state index contributed by atoms with van der Waals surface area (Å²) in [7, 11) is 0. The molecule has 0 unspecified atom stereocenters. The van der Waals surface area contributed by atoms with Crippen molar-refractivity contribution in [2.75, 3.05) is 16.8 Å². The predicted molar refractivity (Wildman–Crippen MR) is 182 cm³/mol. The van der Waals surface area contributed by atoms with Crippen LogP contribution in [0.3, 0.4) is 0 Å². The lowest BCUT2D eigenvalue weighted by Crippen LogP contribution is -2.45. The highest BCUT2D eigenvalue weighted by atomic mass is 32.1. The Bertz CT molecular complexity index is 1420. The van der Waals surface area contributed by atoms with Gasteiger partial charge in [-0.25, -0.2) is 9.78 Å². The van der Waals surface area contributed by atoms with E-state index in [0.29, 0.717) is 23.0 Å². The molecule has 3 aromatic rings. The summed E-state index contributed by atoms with van der Waals surface area (Å²) in [5, 5.41) is 58.9. The molecular weight excluding hydrogens is 647 g/mol. The normalized spacial score (nSPS) is 18.8. The SMILES string of the molecule is CC1CCC(C(=O)N(c2cc(-c3ccc(NC(=O)c4cscn4)cc3)sc2C(=O)O)C(C)C)CC1.CC[C@H](O)[C@@H](O)[C@H](O)[C@H](O)CO. The van der Waals surface area contributed by atoms with Crippen molar-refractivity contribution in [1.82, 2.24) is 4.98 Å². The Morgan fingerprint density at radius 2 is 1.62 bits per heavy atom. The molecule has 4 atom stereocenters. The van der Waals surface area contributed by atoms with Crippen molar-refractivity contribution in [2.24, 2.45) is 11.8 Å². The fourth-order valence-electron chi connectivity index (χ4n) is 5.25. The first-order valence-corrected chi connectivity index (χ1v) is 17.4. The van der Waals surface area contributed by atoms with Gasteiger partial charge >= 0.3 is 5.97 Å². The molecule has 0 bridgehead atoms. The molecule has 0 aliphatic heterocycles. The predicted octanol–water partition coefficient (Wildman–Crippen LogP) is 4.22. The summed E-state index contributed by atoms with van der Waals surface area (Å²) < 4.78 is 0. The number of anilines is 2. The number of amides is 2. The Hall–Kier alpha value is -3.24. The maximum Gasteiger partial charge on any atom is 0.348 e. The second-order valence-corrected chi connectivity index (χ2v) is 13.8. The van der Waals surface area contributed by atoms with Crippen LogP contribution in [0.25, 0.3) is 10.4 Å². The maximum absolute atomic E-state index is 13.5. The zero-order valence-electron chi connectivity index (χ0n) is 26.9. The van der Waals surface area contributed by atoms with Gasteiger partial charge in [0.05, 0.1) is 23.9 Å². The Balaban J connectivity index is 0.000000426. The van der Waals surface area contributed by atoms with Crippen LogP contribution in [0, 0.1) is 11.8 Å². The second-order valence-electron chi connectivity index (χ2n) is 12.0. The standard InChI is InChI=1S/C26H29N3O4S2.C7H16O5/c1-15(2)29(25(31)18-6-4-16(3)5-7-18)21-12-22(35-23(21)26(32)33)17-8-10-19(11-9-17)28-24(30)20-13-34-14-27-20;1-2-4(9)6(11)7(12)5(10)3-8/h8-16,18H,4-7H2,1-3H3,(H,28,30)(H,32,33);4-12H,2-3H2,1H3/t;4-,5+,6+,7+/m.0/s1. The highest BCUT2D eigenvalue weighted by molar-refractivity contribution is 7.18.